The van der Waals surface area contributed by atoms with Gasteiger partial charge in [0.25, 0.3) is 6.43 Å². The van der Waals surface area contributed by atoms with Crippen LogP contribution in [0.1, 0.15) is 12.1 Å². The highest BCUT2D eigenvalue weighted by Gasteiger charge is 2.16. The van der Waals surface area contributed by atoms with E-state index in [0.29, 0.717) is 10.7 Å². The van der Waals surface area contributed by atoms with Gasteiger partial charge in [-0.3, -0.25) is 0 Å². The minimum absolute atomic E-state index is 0.256. The Hall–Kier alpha value is -1.13. The summed E-state index contributed by atoms with van der Waals surface area (Å²) in [4.78, 5) is 0. The lowest BCUT2D eigenvalue weighted by Gasteiger charge is -2.08. The van der Waals surface area contributed by atoms with Crippen molar-refractivity contribution < 1.29 is 8.78 Å². The standard InChI is InChI=1S/C10H5Cl2F2N2/c11-6-1-2-8(7(12)5-6)16-9(10(13)14)3-4-15-16/h1-2,4-5,10H. The number of nitrogens with zero attached hydrogens (tertiary/aromatic N) is 2. The molecule has 1 aromatic heterocycles. The Kier molecular flexibility index (Phi) is 3.12. The molecule has 0 saturated carbocycles. The Morgan fingerprint density at radius 1 is 1.31 bits per heavy atom. The fourth-order valence-corrected chi connectivity index (χ4v) is 1.77. The zero-order valence-electron chi connectivity index (χ0n) is 7.79. The van der Waals surface area contributed by atoms with Crippen LogP contribution in [0.5, 0.6) is 0 Å². The van der Waals surface area contributed by atoms with Crippen LogP contribution in [-0.2, 0) is 0 Å². The van der Waals surface area contributed by atoms with Crippen molar-refractivity contribution in [3.05, 3.63) is 46.2 Å². The molecule has 0 fully saturated rings. The maximum absolute atomic E-state index is 12.6. The largest absolute Gasteiger partial charge is 0.281 e. The Morgan fingerprint density at radius 3 is 2.69 bits per heavy atom. The Labute approximate surface area is 100 Å². The zero-order valence-corrected chi connectivity index (χ0v) is 9.30. The number of halogens is 4. The molecule has 0 aliphatic rings. The van der Waals surface area contributed by atoms with Gasteiger partial charge in [0.2, 0.25) is 0 Å². The second kappa shape index (κ2) is 4.39. The lowest BCUT2D eigenvalue weighted by molar-refractivity contribution is 0.142. The van der Waals surface area contributed by atoms with E-state index in [1.807, 2.05) is 0 Å². The Bertz CT molecular complexity index is 511. The van der Waals surface area contributed by atoms with Crippen LogP contribution in [0.2, 0.25) is 10.0 Å². The highest BCUT2D eigenvalue weighted by Crippen LogP contribution is 2.27. The average Bonchev–Trinajstić information content (AvgIpc) is 2.66. The van der Waals surface area contributed by atoms with Crippen LogP contribution >= 0.6 is 23.2 Å². The summed E-state index contributed by atoms with van der Waals surface area (Å²) in [7, 11) is 0. The van der Waals surface area contributed by atoms with Crippen LogP contribution in [0, 0.1) is 6.07 Å². The van der Waals surface area contributed by atoms with Gasteiger partial charge in [-0.2, -0.15) is 5.10 Å². The minimum Gasteiger partial charge on any atom is -0.230 e. The molecule has 1 aromatic carbocycles. The molecule has 0 unspecified atom stereocenters. The smallest absolute Gasteiger partial charge is 0.230 e. The lowest BCUT2D eigenvalue weighted by atomic mass is 10.3. The first-order valence-electron chi connectivity index (χ1n) is 4.29. The van der Waals surface area contributed by atoms with Crippen molar-refractivity contribution in [2.24, 2.45) is 0 Å². The van der Waals surface area contributed by atoms with Crippen LogP contribution in [-0.4, -0.2) is 9.78 Å². The van der Waals surface area contributed by atoms with Crippen molar-refractivity contribution in [3.8, 4) is 5.69 Å². The van der Waals surface area contributed by atoms with Crippen LogP contribution in [0.3, 0.4) is 0 Å². The van der Waals surface area contributed by atoms with Crippen molar-refractivity contribution in [1.82, 2.24) is 9.78 Å². The van der Waals surface area contributed by atoms with E-state index in [9.17, 15) is 8.78 Å². The first-order chi connectivity index (χ1) is 7.59. The van der Waals surface area contributed by atoms with Gasteiger partial charge in [-0.1, -0.05) is 23.2 Å². The molecule has 2 nitrogen and oxygen atoms in total. The van der Waals surface area contributed by atoms with Crippen LogP contribution < -0.4 is 0 Å². The van der Waals surface area contributed by atoms with Gasteiger partial charge in [-0.25, -0.2) is 13.5 Å². The molecule has 0 aliphatic carbocycles. The molecule has 0 spiro atoms. The highest BCUT2D eigenvalue weighted by molar-refractivity contribution is 6.35. The summed E-state index contributed by atoms with van der Waals surface area (Å²) in [6.07, 6.45) is -1.49. The van der Waals surface area contributed by atoms with E-state index in [-0.39, 0.29) is 10.7 Å². The molecular formula is C10H5Cl2F2N2. The zero-order chi connectivity index (χ0) is 11.7. The summed E-state index contributed by atoms with van der Waals surface area (Å²) in [5.74, 6) is 0. The summed E-state index contributed by atoms with van der Waals surface area (Å²) >= 11 is 11.6. The van der Waals surface area contributed by atoms with Crippen molar-refractivity contribution in [2.45, 2.75) is 6.43 Å². The molecule has 16 heavy (non-hydrogen) atoms. The fourth-order valence-electron chi connectivity index (χ4n) is 1.28. The number of alkyl halides is 2. The minimum atomic E-state index is -2.66. The summed E-state index contributed by atoms with van der Waals surface area (Å²) in [5.41, 5.74) is 0.0202. The third kappa shape index (κ3) is 2.03. The molecule has 0 amide bonds. The molecule has 0 saturated heterocycles. The number of aromatic nitrogens is 2. The summed E-state index contributed by atoms with van der Waals surface area (Å²) in [5, 5.41) is 4.44. The van der Waals surface area contributed by atoms with E-state index < -0.39 is 6.43 Å². The topological polar surface area (TPSA) is 17.8 Å². The second-order valence-corrected chi connectivity index (χ2v) is 3.83. The van der Waals surface area contributed by atoms with Gasteiger partial charge in [0.05, 0.1) is 16.9 Å². The molecule has 2 rings (SSSR count). The number of rotatable bonds is 2. The Balaban J connectivity index is 2.54. The second-order valence-electron chi connectivity index (χ2n) is 2.98. The third-order valence-electron chi connectivity index (χ3n) is 1.96. The predicted octanol–water partition coefficient (Wildman–Crippen LogP) is 3.92. The van der Waals surface area contributed by atoms with Crippen LogP contribution in [0.4, 0.5) is 8.78 Å². The van der Waals surface area contributed by atoms with Crippen LogP contribution in [0.25, 0.3) is 5.69 Å². The quantitative estimate of drug-likeness (QED) is 0.802. The van der Waals surface area contributed by atoms with E-state index in [4.69, 9.17) is 23.2 Å². The molecule has 83 valence electrons. The first-order valence-corrected chi connectivity index (χ1v) is 5.04. The molecule has 0 bridgehead atoms. The molecular weight excluding hydrogens is 257 g/mol. The first kappa shape index (κ1) is 11.4. The van der Waals surface area contributed by atoms with Crippen molar-refractivity contribution >= 4 is 23.2 Å². The van der Waals surface area contributed by atoms with Gasteiger partial charge in [0, 0.05) is 11.1 Å². The molecule has 2 aromatic rings. The monoisotopic (exact) mass is 261 g/mol. The summed E-state index contributed by atoms with van der Waals surface area (Å²) in [6.45, 7) is 0. The SMILES string of the molecule is FC(F)c1[c]cnn1-c1ccc(Cl)cc1Cl. The van der Waals surface area contributed by atoms with Gasteiger partial charge in [-0.15, -0.1) is 0 Å². The van der Waals surface area contributed by atoms with Crippen molar-refractivity contribution in [3.63, 3.8) is 0 Å². The average molecular weight is 262 g/mol. The summed E-state index contributed by atoms with van der Waals surface area (Å²) in [6, 6.07) is 6.90. The number of hydrogen-bond donors (Lipinski definition) is 0. The van der Waals surface area contributed by atoms with Gasteiger partial charge in [0.15, 0.2) is 0 Å². The molecule has 0 atom stereocenters. The molecule has 0 N–H and O–H groups in total. The van der Waals surface area contributed by atoms with E-state index >= 15 is 0 Å². The van der Waals surface area contributed by atoms with E-state index in [0.717, 1.165) is 4.68 Å². The molecule has 1 heterocycles. The van der Waals surface area contributed by atoms with Gasteiger partial charge in [-0.05, 0) is 18.2 Å². The van der Waals surface area contributed by atoms with Crippen LogP contribution in [0.15, 0.2) is 24.4 Å². The van der Waals surface area contributed by atoms with Gasteiger partial charge >= 0.3 is 0 Å². The highest BCUT2D eigenvalue weighted by atomic mass is 35.5. The van der Waals surface area contributed by atoms with Crippen molar-refractivity contribution in [1.29, 1.82) is 0 Å². The maximum atomic E-state index is 12.6. The molecule has 1 radical (unpaired) electrons. The lowest BCUT2D eigenvalue weighted by Crippen LogP contribution is -2.03. The van der Waals surface area contributed by atoms with E-state index in [2.05, 4.69) is 11.2 Å². The summed E-state index contributed by atoms with van der Waals surface area (Å²) < 4.78 is 26.2. The number of hydrogen-bond acceptors (Lipinski definition) is 1. The van der Waals surface area contributed by atoms with Gasteiger partial charge < -0.3 is 0 Å². The normalized spacial score (nSPS) is 11.1. The number of benzene rings is 1. The predicted molar refractivity (Wildman–Crippen MR) is 57.4 cm³/mol. The third-order valence-corrected chi connectivity index (χ3v) is 2.50. The molecule has 6 heteroatoms. The van der Waals surface area contributed by atoms with E-state index in [1.54, 1.807) is 6.07 Å². The maximum Gasteiger partial charge on any atom is 0.281 e. The van der Waals surface area contributed by atoms with Crippen molar-refractivity contribution in [2.75, 3.05) is 0 Å². The van der Waals surface area contributed by atoms with E-state index in [1.165, 1.54) is 18.3 Å². The Morgan fingerprint density at radius 2 is 2.06 bits per heavy atom. The molecule has 0 aliphatic heterocycles. The fraction of sp³-hybridized carbons (Fsp3) is 0.100. The van der Waals surface area contributed by atoms with Gasteiger partial charge in [0.1, 0.15) is 5.69 Å².